The van der Waals surface area contributed by atoms with Gasteiger partial charge in [-0.05, 0) is 63.3 Å². The van der Waals surface area contributed by atoms with Crippen LogP contribution in [0.3, 0.4) is 0 Å². The van der Waals surface area contributed by atoms with E-state index >= 15 is 0 Å². The molecule has 1 aliphatic heterocycles. The van der Waals surface area contributed by atoms with E-state index in [1.54, 1.807) is 11.8 Å². The molecule has 34 heavy (non-hydrogen) atoms. The first-order valence-corrected chi connectivity index (χ1v) is 13.7. The van der Waals surface area contributed by atoms with Crippen LogP contribution in [-0.2, 0) is 19.4 Å². The predicted molar refractivity (Wildman–Crippen MR) is 141 cm³/mol. The van der Waals surface area contributed by atoms with Gasteiger partial charge in [0.15, 0.2) is 5.16 Å². The average Bonchev–Trinajstić information content (AvgIpc) is 2.87. The molecule has 7 heteroatoms. The van der Waals surface area contributed by atoms with Crippen molar-refractivity contribution in [3.8, 4) is 0 Å². The topological polar surface area (TPSA) is 54.3 Å². The Morgan fingerprint density at radius 3 is 2.71 bits per heavy atom. The molecule has 0 N–H and O–H groups in total. The number of fused-ring (bicyclic) bond motifs is 2. The second kappa shape index (κ2) is 10.5. The maximum atomic E-state index is 13.0. The first-order valence-electron chi connectivity index (χ1n) is 12.7. The second-order valence-corrected chi connectivity index (χ2v) is 10.7. The summed E-state index contributed by atoms with van der Waals surface area (Å²) in [4.78, 5) is 27.7. The molecule has 1 aliphatic carbocycles. The Labute approximate surface area is 206 Å². The Morgan fingerprint density at radius 2 is 1.88 bits per heavy atom. The molecular formula is C27H35N5OS. The lowest BCUT2D eigenvalue weighted by atomic mass is 9.88. The lowest BCUT2D eigenvalue weighted by molar-refractivity contribution is 0.258. The van der Waals surface area contributed by atoms with Gasteiger partial charge >= 0.3 is 0 Å². The Balaban J connectivity index is 1.12. The maximum absolute atomic E-state index is 13.0. The number of nitrogens with zero attached hydrogens (tertiary/aromatic N) is 5. The van der Waals surface area contributed by atoms with Gasteiger partial charge in [-0.3, -0.25) is 14.3 Å². The molecule has 1 unspecified atom stereocenters. The second-order valence-electron chi connectivity index (χ2n) is 9.61. The monoisotopic (exact) mass is 477 g/mol. The fraction of sp³-hybridized carbons (Fsp3) is 0.519. The highest BCUT2D eigenvalue weighted by Gasteiger charge is 2.23. The fourth-order valence-corrected chi connectivity index (χ4v) is 6.13. The average molecular weight is 478 g/mol. The van der Waals surface area contributed by atoms with Gasteiger partial charge in [-0.25, -0.2) is 9.97 Å². The summed E-state index contributed by atoms with van der Waals surface area (Å²) in [5, 5.41) is 2.10. The minimum absolute atomic E-state index is 0.194. The summed E-state index contributed by atoms with van der Waals surface area (Å²) < 4.78 is 1.89. The SMILES string of the molecule is CCn1c(SCCCN2CCN(c3ccc4ccccc4n3)CC2)nc2c(c1=O)CC(C)CC2. The van der Waals surface area contributed by atoms with Gasteiger partial charge in [0.1, 0.15) is 5.82 Å². The number of aromatic nitrogens is 3. The molecule has 0 radical (unpaired) electrons. The summed E-state index contributed by atoms with van der Waals surface area (Å²) in [5.41, 5.74) is 3.27. The molecule has 0 bridgehead atoms. The molecule has 0 amide bonds. The molecule has 1 fully saturated rings. The van der Waals surface area contributed by atoms with Crippen LogP contribution in [-0.4, -0.2) is 57.9 Å². The van der Waals surface area contributed by atoms with Crippen molar-refractivity contribution in [3.05, 3.63) is 58.0 Å². The van der Waals surface area contributed by atoms with Crippen molar-refractivity contribution in [1.29, 1.82) is 0 Å². The van der Waals surface area contributed by atoms with Gasteiger partial charge in [-0.2, -0.15) is 0 Å². The highest BCUT2D eigenvalue weighted by molar-refractivity contribution is 7.99. The zero-order chi connectivity index (χ0) is 23.5. The van der Waals surface area contributed by atoms with Gasteiger partial charge in [-0.15, -0.1) is 0 Å². The normalized spacial score (nSPS) is 18.9. The summed E-state index contributed by atoms with van der Waals surface area (Å²) >= 11 is 1.75. The summed E-state index contributed by atoms with van der Waals surface area (Å²) in [6.07, 6.45) is 4.07. The van der Waals surface area contributed by atoms with Crippen LogP contribution < -0.4 is 10.5 Å². The number of hydrogen-bond donors (Lipinski definition) is 0. The van der Waals surface area contributed by atoms with Gasteiger partial charge in [0.05, 0.1) is 11.2 Å². The standard InChI is InChI=1S/C27H35N5OS/c1-3-32-26(33)22-19-20(2)9-11-24(22)29-27(32)34-18-6-13-30-14-16-31(17-15-30)25-12-10-21-7-4-5-8-23(21)28-25/h4-5,7-8,10,12,20H,3,6,9,11,13-19H2,1-2H3. The van der Waals surface area contributed by atoms with Crippen molar-refractivity contribution in [2.24, 2.45) is 5.92 Å². The van der Waals surface area contributed by atoms with Gasteiger partial charge in [0, 0.05) is 49.4 Å². The van der Waals surface area contributed by atoms with Crippen LogP contribution >= 0.6 is 11.8 Å². The molecule has 0 spiro atoms. The van der Waals surface area contributed by atoms with Crippen LogP contribution in [0.15, 0.2) is 46.3 Å². The van der Waals surface area contributed by atoms with Gasteiger partial charge in [-0.1, -0.05) is 36.9 Å². The lowest BCUT2D eigenvalue weighted by Crippen LogP contribution is -2.47. The number of para-hydroxylation sites is 1. The number of rotatable bonds is 7. The first-order chi connectivity index (χ1) is 16.6. The number of aryl methyl sites for hydroxylation is 1. The molecule has 1 aromatic carbocycles. The van der Waals surface area contributed by atoms with E-state index in [2.05, 4.69) is 60.0 Å². The third-order valence-corrected chi connectivity index (χ3v) is 8.25. The number of thioether (sulfide) groups is 1. The number of piperazine rings is 1. The zero-order valence-electron chi connectivity index (χ0n) is 20.4. The van der Waals surface area contributed by atoms with E-state index in [0.29, 0.717) is 12.5 Å². The molecule has 1 atom stereocenters. The Kier molecular flexibility index (Phi) is 7.21. The van der Waals surface area contributed by atoms with Gasteiger partial charge < -0.3 is 4.90 Å². The molecule has 1 saturated heterocycles. The molecule has 0 saturated carbocycles. The number of hydrogen-bond acceptors (Lipinski definition) is 6. The highest BCUT2D eigenvalue weighted by Crippen LogP contribution is 2.25. The van der Waals surface area contributed by atoms with E-state index in [0.717, 1.165) is 91.9 Å². The van der Waals surface area contributed by atoms with Crippen molar-refractivity contribution in [1.82, 2.24) is 19.4 Å². The van der Waals surface area contributed by atoms with Crippen LogP contribution in [0.4, 0.5) is 5.82 Å². The van der Waals surface area contributed by atoms with Crippen LogP contribution in [0.25, 0.3) is 10.9 Å². The van der Waals surface area contributed by atoms with E-state index in [-0.39, 0.29) is 5.56 Å². The number of anilines is 1. The van der Waals surface area contributed by atoms with E-state index in [9.17, 15) is 4.79 Å². The molecule has 180 valence electrons. The van der Waals surface area contributed by atoms with Crippen LogP contribution in [0.1, 0.15) is 37.9 Å². The van der Waals surface area contributed by atoms with Crippen molar-refractivity contribution in [2.75, 3.05) is 43.4 Å². The Bertz CT molecular complexity index is 1200. The number of pyridine rings is 1. The maximum Gasteiger partial charge on any atom is 0.257 e. The molecule has 2 aromatic heterocycles. The largest absolute Gasteiger partial charge is 0.354 e. The summed E-state index contributed by atoms with van der Waals surface area (Å²) in [6, 6.07) is 12.6. The van der Waals surface area contributed by atoms with Crippen LogP contribution in [0.5, 0.6) is 0 Å². The van der Waals surface area contributed by atoms with Crippen LogP contribution in [0, 0.1) is 5.92 Å². The van der Waals surface area contributed by atoms with E-state index in [1.807, 2.05) is 4.57 Å². The smallest absolute Gasteiger partial charge is 0.257 e. The third-order valence-electron chi connectivity index (χ3n) is 7.19. The summed E-state index contributed by atoms with van der Waals surface area (Å²) in [7, 11) is 0. The van der Waals surface area contributed by atoms with Gasteiger partial charge in [0.2, 0.25) is 0 Å². The van der Waals surface area contributed by atoms with E-state index in [1.165, 1.54) is 5.39 Å². The van der Waals surface area contributed by atoms with E-state index in [4.69, 9.17) is 9.97 Å². The lowest BCUT2D eigenvalue weighted by Gasteiger charge is -2.35. The number of benzene rings is 1. The summed E-state index contributed by atoms with van der Waals surface area (Å²) in [5.74, 6) is 2.66. The van der Waals surface area contributed by atoms with E-state index < -0.39 is 0 Å². The minimum atomic E-state index is 0.194. The Hall–Kier alpha value is -2.38. The molecule has 3 heterocycles. The third kappa shape index (κ3) is 5.01. The van der Waals surface area contributed by atoms with Crippen LogP contribution in [0.2, 0.25) is 0 Å². The van der Waals surface area contributed by atoms with Crippen molar-refractivity contribution < 1.29 is 0 Å². The van der Waals surface area contributed by atoms with Crippen molar-refractivity contribution >= 4 is 28.5 Å². The zero-order valence-corrected chi connectivity index (χ0v) is 21.2. The van der Waals surface area contributed by atoms with Crippen molar-refractivity contribution in [2.45, 2.75) is 51.2 Å². The predicted octanol–water partition coefficient (Wildman–Crippen LogP) is 4.24. The summed E-state index contributed by atoms with van der Waals surface area (Å²) in [6.45, 7) is 10.2. The molecule has 6 nitrogen and oxygen atoms in total. The molecule has 2 aliphatic rings. The quantitative estimate of drug-likeness (QED) is 0.288. The first kappa shape index (κ1) is 23.4. The van der Waals surface area contributed by atoms with Crippen molar-refractivity contribution in [3.63, 3.8) is 0 Å². The minimum Gasteiger partial charge on any atom is -0.354 e. The van der Waals surface area contributed by atoms with Gasteiger partial charge in [0.25, 0.3) is 5.56 Å². The Morgan fingerprint density at radius 1 is 1.06 bits per heavy atom. The molecule has 3 aromatic rings. The molecular weight excluding hydrogens is 442 g/mol. The highest BCUT2D eigenvalue weighted by atomic mass is 32.2. The molecule has 5 rings (SSSR count). The fourth-order valence-electron chi connectivity index (χ4n) is 5.13.